The SMILES string of the molecule is CCc1cnccc1-c1noc([C@H]2OCC[C@H]2Cn2ccnc2)n1. The Hall–Kier alpha value is -2.54. The van der Waals surface area contributed by atoms with E-state index in [1.165, 1.54) is 0 Å². The molecule has 0 unspecified atom stereocenters. The van der Waals surface area contributed by atoms with Gasteiger partial charge in [-0.25, -0.2) is 4.98 Å². The zero-order chi connectivity index (χ0) is 16.4. The summed E-state index contributed by atoms with van der Waals surface area (Å²) in [5.74, 6) is 1.45. The monoisotopic (exact) mass is 325 g/mol. The van der Waals surface area contributed by atoms with Gasteiger partial charge < -0.3 is 13.8 Å². The molecule has 1 aliphatic rings. The van der Waals surface area contributed by atoms with Gasteiger partial charge in [-0.2, -0.15) is 4.98 Å². The van der Waals surface area contributed by atoms with Gasteiger partial charge in [0.25, 0.3) is 5.89 Å². The number of nitrogens with zero attached hydrogens (tertiary/aromatic N) is 5. The van der Waals surface area contributed by atoms with Crippen molar-refractivity contribution in [2.24, 2.45) is 5.92 Å². The van der Waals surface area contributed by atoms with Crippen LogP contribution in [0.3, 0.4) is 0 Å². The van der Waals surface area contributed by atoms with Gasteiger partial charge in [0.05, 0.1) is 6.33 Å². The maximum atomic E-state index is 5.86. The zero-order valence-corrected chi connectivity index (χ0v) is 13.5. The molecular formula is C17H19N5O2. The van der Waals surface area contributed by atoms with Gasteiger partial charge in [-0.1, -0.05) is 12.1 Å². The first-order valence-electron chi connectivity index (χ1n) is 8.19. The molecule has 3 aromatic heterocycles. The summed E-state index contributed by atoms with van der Waals surface area (Å²) in [5.41, 5.74) is 2.07. The molecule has 7 heteroatoms. The van der Waals surface area contributed by atoms with Crippen LogP contribution in [0.2, 0.25) is 0 Å². The highest BCUT2D eigenvalue weighted by molar-refractivity contribution is 5.58. The maximum absolute atomic E-state index is 5.86. The van der Waals surface area contributed by atoms with Crippen LogP contribution in [-0.2, 0) is 17.7 Å². The molecule has 0 aliphatic carbocycles. The number of aromatic nitrogens is 5. The van der Waals surface area contributed by atoms with Crippen LogP contribution in [0.15, 0.2) is 41.7 Å². The summed E-state index contributed by atoms with van der Waals surface area (Å²) in [5, 5.41) is 4.16. The van der Waals surface area contributed by atoms with Crippen LogP contribution in [0.5, 0.6) is 0 Å². The second-order valence-corrected chi connectivity index (χ2v) is 5.94. The van der Waals surface area contributed by atoms with Crippen molar-refractivity contribution in [3.05, 3.63) is 48.6 Å². The predicted molar refractivity (Wildman–Crippen MR) is 85.9 cm³/mol. The highest BCUT2D eigenvalue weighted by Crippen LogP contribution is 2.35. The number of rotatable bonds is 5. The topological polar surface area (TPSA) is 78.9 Å². The lowest BCUT2D eigenvalue weighted by atomic mass is 10.0. The van der Waals surface area contributed by atoms with Crippen LogP contribution < -0.4 is 0 Å². The number of imidazole rings is 1. The molecule has 1 aliphatic heterocycles. The molecule has 124 valence electrons. The third-order valence-electron chi connectivity index (χ3n) is 4.43. The molecule has 3 aromatic rings. The predicted octanol–water partition coefficient (Wildman–Crippen LogP) is 2.67. The van der Waals surface area contributed by atoms with Gasteiger partial charge in [0.1, 0.15) is 6.10 Å². The molecule has 2 atom stereocenters. The van der Waals surface area contributed by atoms with Gasteiger partial charge in [0, 0.05) is 49.4 Å². The number of hydrogen-bond acceptors (Lipinski definition) is 6. The molecule has 0 saturated carbocycles. The van der Waals surface area contributed by atoms with E-state index < -0.39 is 0 Å². The fraction of sp³-hybridized carbons (Fsp3) is 0.412. The minimum atomic E-state index is -0.166. The zero-order valence-electron chi connectivity index (χ0n) is 13.5. The van der Waals surface area contributed by atoms with Crippen molar-refractivity contribution < 1.29 is 9.26 Å². The Labute approximate surface area is 139 Å². The molecule has 0 amide bonds. The van der Waals surface area contributed by atoms with Crippen molar-refractivity contribution in [2.75, 3.05) is 6.61 Å². The lowest BCUT2D eigenvalue weighted by molar-refractivity contribution is 0.0587. The second-order valence-electron chi connectivity index (χ2n) is 5.94. The van der Waals surface area contributed by atoms with Crippen LogP contribution in [0.25, 0.3) is 11.4 Å². The van der Waals surface area contributed by atoms with Gasteiger partial charge in [-0.15, -0.1) is 0 Å². The number of pyridine rings is 1. The van der Waals surface area contributed by atoms with Crippen molar-refractivity contribution >= 4 is 0 Å². The molecule has 4 heterocycles. The summed E-state index contributed by atoms with van der Waals surface area (Å²) < 4.78 is 13.4. The number of aryl methyl sites for hydroxylation is 1. The summed E-state index contributed by atoms with van der Waals surface area (Å²) in [6.45, 7) is 3.62. The summed E-state index contributed by atoms with van der Waals surface area (Å²) in [4.78, 5) is 12.8. The van der Waals surface area contributed by atoms with E-state index in [2.05, 4.69) is 31.6 Å². The number of ether oxygens (including phenoxy) is 1. The van der Waals surface area contributed by atoms with E-state index >= 15 is 0 Å². The molecule has 0 radical (unpaired) electrons. The van der Waals surface area contributed by atoms with Gasteiger partial charge in [-0.3, -0.25) is 4.98 Å². The summed E-state index contributed by atoms with van der Waals surface area (Å²) in [6.07, 6.45) is 10.8. The van der Waals surface area contributed by atoms with Crippen molar-refractivity contribution in [3.63, 3.8) is 0 Å². The molecule has 0 aromatic carbocycles. The van der Waals surface area contributed by atoms with Crippen LogP contribution in [0.4, 0.5) is 0 Å². The van der Waals surface area contributed by atoms with Crippen molar-refractivity contribution in [3.8, 4) is 11.4 Å². The third-order valence-corrected chi connectivity index (χ3v) is 4.43. The van der Waals surface area contributed by atoms with Crippen molar-refractivity contribution in [1.29, 1.82) is 0 Å². The van der Waals surface area contributed by atoms with E-state index in [1.54, 1.807) is 12.4 Å². The average molecular weight is 325 g/mol. The molecule has 1 fully saturated rings. The largest absolute Gasteiger partial charge is 0.368 e. The van der Waals surface area contributed by atoms with E-state index in [4.69, 9.17) is 9.26 Å². The van der Waals surface area contributed by atoms with E-state index in [9.17, 15) is 0 Å². The normalized spacial score (nSPS) is 20.5. The number of hydrogen-bond donors (Lipinski definition) is 0. The van der Waals surface area contributed by atoms with E-state index in [0.717, 1.165) is 30.5 Å². The molecule has 24 heavy (non-hydrogen) atoms. The van der Waals surface area contributed by atoms with Crippen molar-refractivity contribution in [1.82, 2.24) is 24.7 Å². The lowest BCUT2D eigenvalue weighted by Gasteiger charge is -2.15. The summed E-state index contributed by atoms with van der Waals surface area (Å²) in [7, 11) is 0. The second kappa shape index (κ2) is 6.52. The smallest absolute Gasteiger partial charge is 0.256 e. The van der Waals surface area contributed by atoms with Crippen molar-refractivity contribution in [2.45, 2.75) is 32.4 Å². The van der Waals surface area contributed by atoms with Crippen LogP contribution in [-0.4, -0.2) is 31.3 Å². The molecular weight excluding hydrogens is 306 g/mol. The van der Waals surface area contributed by atoms with E-state index in [-0.39, 0.29) is 6.10 Å². The van der Waals surface area contributed by atoms with Gasteiger partial charge in [-0.05, 0) is 24.5 Å². The van der Waals surface area contributed by atoms with Gasteiger partial charge >= 0.3 is 0 Å². The maximum Gasteiger partial charge on any atom is 0.256 e. The highest BCUT2D eigenvalue weighted by Gasteiger charge is 2.34. The van der Waals surface area contributed by atoms with Crippen LogP contribution in [0, 0.1) is 5.92 Å². The van der Waals surface area contributed by atoms with Crippen LogP contribution in [0.1, 0.15) is 30.9 Å². The first kappa shape index (κ1) is 15.0. The lowest BCUT2D eigenvalue weighted by Crippen LogP contribution is -2.14. The highest BCUT2D eigenvalue weighted by atomic mass is 16.5. The Kier molecular flexibility index (Phi) is 4.08. The Morgan fingerprint density at radius 2 is 2.25 bits per heavy atom. The first-order valence-corrected chi connectivity index (χ1v) is 8.19. The quantitative estimate of drug-likeness (QED) is 0.717. The molecule has 7 nitrogen and oxygen atoms in total. The average Bonchev–Trinajstić information content (AvgIpc) is 3.36. The third kappa shape index (κ3) is 2.82. The first-order chi connectivity index (χ1) is 11.8. The Bertz CT molecular complexity index is 799. The molecule has 0 spiro atoms. The fourth-order valence-electron chi connectivity index (χ4n) is 3.15. The summed E-state index contributed by atoms with van der Waals surface area (Å²) in [6, 6.07) is 1.92. The molecule has 0 N–H and O–H groups in total. The fourth-order valence-corrected chi connectivity index (χ4v) is 3.15. The van der Waals surface area contributed by atoms with E-state index in [1.807, 2.05) is 24.8 Å². The van der Waals surface area contributed by atoms with Gasteiger partial charge in [0.2, 0.25) is 5.82 Å². The minimum absolute atomic E-state index is 0.166. The summed E-state index contributed by atoms with van der Waals surface area (Å²) >= 11 is 0. The van der Waals surface area contributed by atoms with Crippen LogP contribution >= 0.6 is 0 Å². The molecule has 4 rings (SSSR count). The standard InChI is InChI=1S/C17H19N5O2/c1-2-12-9-18-5-3-14(12)16-20-17(24-21-16)15-13(4-8-23-15)10-22-7-6-19-11-22/h3,5-7,9,11,13,15H,2,4,8,10H2,1H3/t13-,15-/m0/s1. The Morgan fingerprint density at radius 1 is 1.29 bits per heavy atom. The molecule has 0 bridgehead atoms. The Morgan fingerprint density at radius 3 is 3.08 bits per heavy atom. The van der Waals surface area contributed by atoms with E-state index in [0.29, 0.717) is 24.2 Å². The Balaban J connectivity index is 1.57. The van der Waals surface area contributed by atoms with Gasteiger partial charge in [0.15, 0.2) is 0 Å². The minimum Gasteiger partial charge on any atom is -0.368 e. The molecule has 1 saturated heterocycles.